The van der Waals surface area contributed by atoms with E-state index in [2.05, 4.69) is 55.3 Å². The Balaban J connectivity index is 1.67. The molecule has 0 saturated heterocycles. The maximum absolute atomic E-state index is 6.40. The standard InChI is InChI=1S/C27H36N2O2S/c1-5-8-18-29(19-9-6-2)26(7-3)31-24-16-10-21(11-17-24)25-20-32-27(28-25)22-12-14-23(30-4)15-13-22/h10-17,20,26H,5-9,18-19H2,1-4H3. The zero-order chi connectivity index (χ0) is 22.8. The maximum atomic E-state index is 6.40. The van der Waals surface area contributed by atoms with Gasteiger partial charge in [-0.3, -0.25) is 4.90 Å². The van der Waals surface area contributed by atoms with Crippen molar-refractivity contribution in [2.24, 2.45) is 0 Å². The lowest BCUT2D eigenvalue weighted by Crippen LogP contribution is -2.40. The topological polar surface area (TPSA) is 34.6 Å². The minimum atomic E-state index is 0.125. The number of benzene rings is 2. The highest BCUT2D eigenvalue weighted by atomic mass is 32.1. The van der Waals surface area contributed by atoms with Crippen LogP contribution in [0.4, 0.5) is 0 Å². The zero-order valence-corrected chi connectivity index (χ0v) is 20.7. The summed E-state index contributed by atoms with van der Waals surface area (Å²) in [5, 5.41) is 3.12. The van der Waals surface area contributed by atoms with Gasteiger partial charge >= 0.3 is 0 Å². The molecule has 1 aromatic heterocycles. The lowest BCUT2D eigenvalue weighted by molar-refractivity contribution is 0.0202. The summed E-state index contributed by atoms with van der Waals surface area (Å²) in [4.78, 5) is 7.34. The van der Waals surface area contributed by atoms with E-state index >= 15 is 0 Å². The fraction of sp³-hybridized carbons (Fsp3) is 0.444. The number of thiazole rings is 1. The predicted octanol–water partition coefficient (Wildman–Crippen LogP) is 7.50. The molecule has 5 heteroatoms. The lowest BCUT2D eigenvalue weighted by Gasteiger charge is -2.31. The van der Waals surface area contributed by atoms with E-state index in [0.717, 1.165) is 52.8 Å². The van der Waals surface area contributed by atoms with Crippen molar-refractivity contribution in [3.63, 3.8) is 0 Å². The Morgan fingerprint density at radius 1 is 0.844 bits per heavy atom. The Morgan fingerprint density at radius 3 is 2.00 bits per heavy atom. The quantitative estimate of drug-likeness (QED) is 0.251. The molecule has 0 aliphatic heterocycles. The zero-order valence-electron chi connectivity index (χ0n) is 19.8. The third-order valence-corrected chi connectivity index (χ3v) is 6.51. The second-order valence-corrected chi connectivity index (χ2v) is 8.87. The summed E-state index contributed by atoms with van der Waals surface area (Å²) >= 11 is 1.66. The van der Waals surface area contributed by atoms with E-state index in [-0.39, 0.29) is 6.23 Å². The molecular formula is C27H36N2O2S. The van der Waals surface area contributed by atoms with E-state index in [4.69, 9.17) is 14.5 Å². The van der Waals surface area contributed by atoms with Crippen molar-refractivity contribution in [1.29, 1.82) is 0 Å². The third-order valence-electron chi connectivity index (χ3n) is 5.62. The van der Waals surface area contributed by atoms with Crippen LogP contribution in [0.1, 0.15) is 52.9 Å². The molecule has 0 radical (unpaired) electrons. The van der Waals surface area contributed by atoms with Crippen LogP contribution in [-0.4, -0.2) is 36.3 Å². The van der Waals surface area contributed by atoms with Gasteiger partial charge in [0.15, 0.2) is 6.23 Å². The highest BCUT2D eigenvalue weighted by Crippen LogP contribution is 2.31. The molecule has 1 unspecified atom stereocenters. The number of rotatable bonds is 13. The monoisotopic (exact) mass is 452 g/mol. The van der Waals surface area contributed by atoms with Gasteiger partial charge in [0.1, 0.15) is 16.5 Å². The van der Waals surface area contributed by atoms with Gasteiger partial charge in [0.25, 0.3) is 0 Å². The molecular weight excluding hydrogens is 416 g/mol. The number of hydrogen-bond acceptors (Lipinski definition) is 5. The minimum Gasteiger partial charge on any atom is -0.497 e. The normalized spacial score (nSPS) is 12.2. The van der Waals surface area contributed by atoms with Crippen LogP contribution >= 0.6 is 11.3 Å². The highest BCUT2D eigenvalue weighted by molar-refractivity contribution is 7.13. The first-order valence-electron chi connectivity index (χ1n) is 11.8. The number of aromatic nitrogens is 1. The fourth-order valence-electron chi connectivity index (χ4n) is 3.67. The van der Waals surface area contributed by atoms with E-state index in [1.54, 1.807) is 18.4 Å². The van der Waals surface area contributed by atoms with Crippen LogP contribution < -0.4 is 9.47 Å². The first-order valence-corrected chi connectivity index (χ1v) is 12.7. The summed E-state index contributed by atoms with van der Waals surface area (Å²) in [5.74, 6) is 1.78. The van der Waals surface area contributed by atoms with E-state index < -0.39 is 0 Å². The van der Waals surface area contributed by atoms with Crippen LogP contribution in [0.15, 0.2) is 53.9 Å². The molecule has 172 valence electrons. The van der Waals surface area contributed by atoms with Gasteiger partial charge < -0.3 is 9.47 Å². The summed E-state index contributed by atoms with van der Waals surface area (Å²) in [7, 11) is 1.68. The van der Waals surface area contributed by atoms with Crippen molar-refractivity contribution in [2.75, 3.05) is 20.2 Å². The fourth-order valence-corrected chi connectivity index (χ4v) is 4.51. The molecule has 4 nitrogen and oxygen atoms in total. The van der Waals surface area contributed by atoms with Gasteiger partial charge in [0, 0.05) is 29.6 Å². The Kier molecular flexibility index (Phi) is 9.57. The number of unbranched alkanes of at least 4 members (excludes halogenated alkanes) is 2. The smallest absolute Gasteiger partial charge is 0.152 e. The van der Waals surface area contributed by atoms with E-state index in [1.165, 1.54) is 25.7 Å². The molecule has 1 heterocycles. The molecule has 0 fully saturated rings. The second kappa shape index (κ2) is 12.6. The van der Waals surface area contributed by atoms with Gasteiger partial charge in [-0.1, -0.05) is 33.6 Å². The SMILES string of the molecule is CCCCN(CCCC)C(CC)Oc1ccc(-c2csc(-c3ccc(OC)cc3)n2)cc1. The molecule has 0 saturated carbocycles. The molecule has 0 amide bonds. The largest absolute Gasteiger partial charge is 0.497 e. The minimum absolute atomic E-state index is 0.125. The molecule has 0 bridgehead atoms. The van der Waals surface area contributed by atoms with Crippen LogP contribution in [0.2, 0.25) is 0 Å². The lowest BCUT2D eigenvalue weighted by atomic mass is 10.1. The molecule has 3 aromatic rings. The Labute approximate surface area is 197 Å². The van der Waals surface area contributed by atoms with Gasteiger partial charge in [-0.15, -0.1) is 11.3 Å². The molecule has 3 rings (SSSR count). The van der Waals surface area contributed by atoms with Gasteiger partial charge in [0.05, 0.1) is 12.8 Å². The molecule has 1 atom stereocenters. The Bertz CT molecular complexity index is 914. The maximum Gasteiger partial charge on any atom is 0.152 e. The van der Waals surface area contributed by atoms with Gasteiger partial charge in [-0.2, -0.15) is 0 Å². The molecule has 0 N–H and O–H groups in total. The van der Waals surface area contributed by atoms with E-state index in [1.807, 2.05) is 24.3 Å². The van der Waals surface area contributed by atoms with Crippen LogP contribution in [-0.2, 0) is 0 Å². The average molecular weight is 453 g/mol. The second-order valence-electron chi connectivity index (χ2n) is 8.01. The number of ether oxygens (including phenoxy) is 2. The Morgan fingerprint density at radius 2 is 1.44 bits per heavy atom. The van der Waals surface area contributed by atoms with Crippen molar-refractivity contribution in [3.05, 3.63) is 53.9 Å². The van der Waals surface area contributed by atoms with Crippen molar-refractivity contribution in [1.82, 2.24) is 9.88 Å². The molecule has 0 aliphatic carbocycles. The summed E-state index contributed by atoms with van der Waals surface area (Å²) in [6.07, 6.45) is 5.94. The van der Waals surface area contributed by atoms with Crippen molar-refractivity contribution < 1.29 is 9.47 Å². The molecule has 0 spiro atoms. The predicted molar refractivity (Wildman–Crippen MR) is 136 cm³/mol. The average Bonchev–Trinajstić information content (AvgIpc) is 3.34. The van der Waals surface area contributed by atoms with Crippen molar-refractivity contribution in [3.8, 4) is 33.3 Å². The van der Waals surface area contributed by atoms with Crippen molar-refractivity contribution >= 4 is 11.3 Å². The summed E-state index contributed by atoms with van der Waals surface area (Å²) in [6.45, 7) is 8.90. The molecule has 2 aromatic carbocycles. The summed E-state index contributed by atoms with van der Waals surface area (Å²) < 4.78 is 11.7. The number of nitrogens with zero attached hydrogens (tertiary/aromatic N) is 2. The first-order chi connectivity index (χ1) is 15.7. The van der Waals surface area contributed by atoms with Crippen LogP contribution in [0.3, 0.4) is 0 Å². The van der Waals surface area contributed by atoms with Gasteiger partial charge in [-0.25, -0.2) is 4.98 Å². The van der Waals surface area contributed by atoms with Crippen LogP contribution in [0.25, 0.3) is 21.8 Å². The summed E-state index contributed by atoms with van der Waals surface area (Å²) in [5.41, 5.74) is 3.20. The van der Waals surface area contributed by atoms with Crippen LogP contribution in [0, 0.1) is 0 Å². The van der Waals surface area contributed by atoms with E-state index in [0.29, 0.717) is 0 Å². The Hall–Kier alpha value is -2.37. The van der Waals surface area contributed by atoms with E-state index in [9.17, 15) is 0 Å². The number of hydrogen-bond donors (Lipinski definition) is 0. The highest BCUT2D eigenvalue weighted by Gasteiger charge is 2.18. The molecule has 0 aliphatic rings. The van der Waals surface area contributed by atoms with Gasteiger partial charge in [0.2, 0.25) is 0 Å². The van der Waals surface area contributed by atoms with Crippen molar-refractivity contribution in [2.45, 2.75) is 59.1 Å². The first kappa shape index (κ1) is 24.3. The third kappa shape index (κ3) is 6.57. The number of methoxy groups -OCH3 is 1. The summed E-state index contributed by atoms with van der Waals surface area (Å²) in [6, 6.07) is 16.4. The molecule has 32 heavy (non-hydrogen) atoms. The van der Waals surface area contributed by atoms with Gasteiger partial charge in [-0.05, 0) is 67.8 Å². The van der Waals surface area contributed by atoms with Crippen LogP contribution in [0.5, 0.6) is 11.5 Å².